The lowest BCUT2D eigenvalue weighted by Crippen LogP contribution is -2.37. The predicted molar refractivity (Wildman–Crippen MR) is 83.2 cm³/mol. The molecule has 0 saturated heterocycles. The van der Waals surface area contributed by atoms with Crippen LogP contribution >= 0.6 is 0 Å². The molecule has 0 rings (SSSR count). The lowest BCUT2D eigenvalue weighted by Gasteiger charge is -2.24. The van der Waals surface area contributed by atoms with Gasteiger partial charge in [0.15, 0.2) is 11.3 Å². The van der Waals surface area contributed by atoms with E-state index >= 15 is 0 Å². The van der Waals surface area contributed by atoms with E-state index in [1.54, 1.807) is 27.7 Å². The summed E-state index contributed by atoms with van der Waals surface area (Å²) in [7, 11) is 0. The Morgan fingerprint density at radius 1 is 0.958 bits per heavy atom. The van der Waals surface area contributed by atoms with Gasteiger partial charge in [0.2, 0.25) is 0 Å². The molecule has 0 aromatic heterocycles. The smallest absolute Gasteiger partial charge is 0.320 e. The van der Waals surface area contributed by atoms with Gasteiger partial charge in [-0.1, -0.05) is 6.42 Å². The SMILES string of the molecule is CCOC(=O)C(CCCC(C)(C(=O)O)C(=O)O)C(=O)OC(C)(C)C. The van der Waals surface area contributed by atoms with Crippen LogP contribution in [0.5, 0.6) is 0 Å². The highest BCUT2D eigenvalue weighted by Crippen LogP contribution is 2.27. The summed E-state index contributed by atoms with van der Waals surface area (Å²) in [6.45, 7) is 7.72. The number of carbonyl (C=O) groups is 4. The average Bonchev–Trinajstić information content (AvgIpc) is 2.40. The van der Waals surface area contributed by atoms with E-state index in [0.717, 1.165) is 6.92 Å². The minimum absolute atomic E-state index is 0.0395. The fourth-order valence-corrected chi connectivity index (χ4v) is 1.91. The van der Waals surface area contributed by atoms with Crippen molar-refractivity contribution in [1.82, 2.24) is 0 Å². The molecule has 138 valence electrons. The number of carboxylic acid groups (broad SMARTS) is 2. The minimum Gasteiger partial charge on any atom is -0.480 e. The molecule has 8 nitrogen and oxygen atoms in total. The molecular weight excluding hydrogens is 320 g/mol. The number of carboxylic acids is 2. The number of rotatable bonds is 9. The van der Waals surface area contributed by atoms with Crippen molar-refractivity contribution in [1.29, 1.82) is 0 Å². The Kier molecular flexibility index (Phi) is 7.89. The normalized spacial score (nSPS) is 13.0. The zero-order valence-electron chi connectivity index (χ0n) is 14.7. The maximum atomic E-state index is 12.1. The third-order valence-electron chi connectivity index (χ3n) is 3.38. The summed E-state index contributed by atoms with van der Waals surface area (Å²) in [6, 6.07) is 0. The quantitative estimate of drug-likeness (QED) is 0.478. The summed E-state index contributed by atoms with van der Waals surface area (Å²) in [6.07, 6.45) is -0.238. The fraction of sp³-hybridized carbons (Fsp3) is 0.750. The number of hydrogen-bond acceptors (Lipinski definition) is 6. The topological polar surface area (TPSA) is 127 Å². The molecule has 0 heterocycles. The molecule has 0 bridgehead atoms. The molecule has 0 aromatic rings. The van der Waals surface area contributed by atoms with E-state index in [1.807, 2.05) is 0 Å². The van der Waals surface area contributed by atoms with E-state index in [1.165, 1.54) is 0 Å². The highest BCUT2D eigenvalue weighted by Gasteiger charge is 2.42. The largest absolute Gasteiger partial charge is 0.480 e. The van der Waals surface area contributed by atoms with E-state index in [2.05, 4.69) is 0 Å². The predicted octanol–water partition coefficient (Wildman–Crippen LogP) is 1.85. The van der Waals surface area contributed by atoms with Crippen LogP contribution in [0.15, 0.2) is 0 Å². The maximum Gasteiger partial charge on any atom is 0.320 e. The van der Waals surface area contributed by atoms with Crippen molar-refractivity contribution < 1.29 is 38.9 Å². The molecule has 0 aliphatic rings. The Bertz CT molecular complexity index is 475. The van der Waals surface area contributed by atoms with Gasteiger partial charge in [-0.15, -0.1) is 0 Å². The van der Waals surface area contributed by atoms with Crippen molar-refractivity contribution >= 4 is 23.9 Å². The molecule has 0 spiro atoms. The zero-order valence-corrected chi connectivity index (χ0v) is 14.7. The number of carbonyl (C=O) groups excluding carboxylic acids is 2. The Hall–Kier alpha value is -2.12. The molecule has 0 radical (unpaired) electrons. The van der Waals surface area contributed by atoms with Gasteiger partial charge in [-0.3, -0.25) is 19.2 Å². The molecule has 0 amide bonds. The van der Waals surface area contributed by atoms with Crippen LogP contribution in [0.1, 0.15) is 53.9 Å². The molecule has 0 fully saturated rings. The van der Waals surface area contributed by atoms with Gasteiger partial charge >= 0.3 is 23.9 Å². The minimum atomic E-state index is -1.98. The van der Waals surface area contributed by atoms with Crippen LogP contribution in [0.2, 0.25) is 0 Å². The van der Waals surface area contributed by atoms with E-state index in [4.69, 9.17) is 19.7 Å². The van der Waals surface area contributed by atoms with Gasteiger partial charge < -0.3 is 19.7 Å². The van der Waals surface area contributed by atoms with Crippen LogP contribution in [0.4, 0.5) is 0 Å². The van der Waals surface area contributed by atoms with Crippen molar-refractivity contribution in [2.24, 2.45) is 11.3 Å². The van der Waals surface area contributed by atoms with Crippen molar-refractivity contribution in [2.45, 2.75) is 59.5 Å². The van der Waals surface area contributed by atoms with Crippen molar-refractivity contribution in [3.05, 3.63) is 0 Å². The second-order valence-corrected chi connectivity index (χ2v) is 6.67. The highest BCUT2D eigenvalue weighted by molar-refractivity contribution is 5.97. The Morgan fingerprint density at radius 2 is 1.46 bits per heavy atom. The second kappa shape index (κ2) is 8.65. The van der Waals surface area contributed by atoms with Gasteiger partial charge in [0.25, 0.3) is 0 Å². The number of aliphatic carboxylic acids is 2. The molecule has 24 heavy (non-hydrogen) atoms. The van der Waals surface area contributed by atoms with Crippen molar-refractivity contribution in [2.75, 3.05) is 6.61 Å². The van der Waals surface area contributed by atoms with Crippen LogP contribution in [0, 0.1) is 11.3 Å². The van der Waals surface area contributed by atoms with Gasteiger partial charge in [-0.25, -0.2) is 0 Å². The van der Waals surface area contributed by atoms with Gasteiger partial charge in [0.05, 0.1) is 6.61 Å². The van der Waals surface area contributed by atoms with E-state index in [-0.39, 0.29) is 25.9 Å². The van der Waals surface area contributed by atoms with E-state index in [9.17, 15) is 19.2 Å². The van der Waals surface area contributed by atoms with Gasteiger partial charge in [0, 0.05) is 0 Å². The first-order valence-corrected chi connectivity index (χ1v) is 7.71. The third kappa shape index (κ3) is 6.55. The first kappa shape index (κ1) is 21.9. The summed E-state index contributed by atoms with van der Waals surface area (Å²) in [5.74, 6) is -5.69. The third-order valence-corrected chi connectivity index (χ3v) is 3.38. The van der Waals surface area contributed by atoms with Gasteiger partial charge in [-0.05, 0) is 47.5 Å². The Morgan fingerprint density at radius 3 is 1.83 bits per heavy atom. The second-order valence-electron chi connectivity index (χ2n) is 6.67. The summed E-state index contributed by atoms with van der Waals surface area (Å²) in [5, 5.41) is 18.1. The number of esters is 2. The molecular formula is C16H26O8. The molecule has 0 aromatic carbocycles. The summed E-state index contributed by atoms with van der Waals surface area (Å²) in [5.41, 5.74) is -2.77. The van der Waals surface area contributed by atoms with Crippen LogP contribution < -0.4 is 0 Å². The lowest BCUT2D eigenvalue weighted by molar-refractivity contribution is -0.169. The lowest BCUT2D eigenvalue weighted by atomic mass is 9.84. The first-order chi connectivity index (χ1) is 10.8. The van der Waals surface area contributed by atoms with Gasteiger partial charge in [0.1, 0.15) is 5.60 Å². The molecule has 1 unspecified atom stereocenters. The van der Waals surface area contributed by atoms with Crippen molar-refractivity contribution in [3.8, 4) is 0 Å². The number of ether oxygens (including phenoxy) is 2. The summed E-state index contributed by atoms with van der Waals surface area (Å²) in [4.78, 5) is 46.3. The molecule has 1 atom stereocenters. The average molecular weight is 346 g/mol. The Labute approximate surface area is 141 Å². The highest BCUT2D eigenvalue weighted by atomic mass is 16.6. The van der Waals surface area contributed by atoms with E-state index in [0.29, 0.717) is 0 Å². The monoisotopic (exact) mass is 346 g/mol. The summed E-state index contributed by atoms with van der Waals surface area (Å²) >= 11 is 0. The van der Waals surface area contributed by atoms with E-state index < -0.39 is 40.8 Å². The van der Waals surface area contributed by atoms with Crippen LogP contribution in [0.3, 0.4) is 0 Å². The molecule has 8 heteroatoms. The van der Waals surface area contributed by atoms with Crippen LogP contribution in [-0.2, 0) is 28.7 Å². The zero-order chi connectivity index (χ0) is 19.1. The first-order valence-electron chi connectivity index (χ1n) is 7.71. The number of hydrogen-bond donors (Lipinski definition) is 2. The summed E-state index contributed by atoms with van der Waals surface area (Å²) < 4.78 is 10.0. The molecule has 0 aliphatic heterocycles. The standard InChI is InChI=1S/C16H26O8/c1-6-23-11(17)10(12(18)24-15(2,3)4)8-7-9-16(5,13(19)20)14(21)22/h10H,6-9H2,1-5H3,(H,19,20)(H,21,22). The van der Waals surface area contributed by atoms with Gasteiger partial charge in [-0.2, -0.15) is 0 Å². The van der Waals surface area contributed by atoms with Crippen LogP contribution in [0.25, 0.3) is 0 Å². The Balaban J connectivity index is 5.02. The molecule has 0 saturated carbocycles. The molecule has 0 aliphatic carbocycles. The maximum absolute atomic E-state index is 12.1. The van der Waals surface area contributed by atoms with Crippen LogP contribution in [-0.4, -0.2) is 46.3 Å². The van der Waals surface area contributed by atoms with Crippen molar-refractivity contribution in [3.63, 3.8) is 0 Å². The fourth-order valence-electron chi connectivity index (χ4n) is 1.91. The molecule has 2 N–H and O–H groups in total.